The fraction of sp³-hybridized carbons (Fsp3) is 0.611. The van der Waals surface area contributed by atoms with Crippen molar-refractivity contribution in [2.24, 2.45) is 4.99 Å². The van der Waals surface area contributed by atoms with E-state index in [1.165, 1.54) is 6.42 Å². The topological polar surface area (TPSA) is 58.1 Å². The van der Waals surface area contributed by atoms with Crippen LogP contribution in [0.5, 0.6) is 11.5 Å². The first-order chi connectivity index (χ1) is 11.8. The van der Waals surface area contributed by atoms with Crippen LogP contribution in [0.25, 0.3) is 0 Å². The highest BCUT2D eigenvalue weighted by Gasteiger charge is 2.13. The summed E-state index contributed by atoms with van der Waals surface area (Å²) in [7, 11) is 1.80. The van der Waals surface area contributed by atoms with Crippen molar-refractivity contribution < 1.29 is 9.47 Å². The minimum Gasteiger partial charge on any atom is -0.454 e. The van der Waals surface area contributed by atoms with Crippen LogP contribution in [-0.4, -0.2) is 50.9 Å². The average Bonchev–Trinajstić information content (AvgIpc) is 3.08. The van der Waals surface area contributed by atoms with E-state index in [1.807, 2.05) is 18.2 Å². The molecule has 7 heteroatoms. The minimum atomic E-state index is 0. The molecule has 1 heterocycles. The van der Waals surface area contributed by atoms with Gasteiger partial charge in [0.15, 0.2) is 17.5 Å². The molecular weight excluding hydrogens is 431 g/mol. The monoisotopic (exact) mass is 462 g/mol. The van der Waals surface area contributed by atoms with Crippen molar-refractivity contribution in [3.8, 4) is 11.5 Å². The molecule has 0 unspecified atom stereocenters. The van der Waals surface area contributed by atoms with Crippen molar-refractivity contribution in [3.05, 3.63) is 23.8 Å². The van der Waals surface area contributed by atoms with Crippen LogP contribution in [0.1, 0.15) is 32.3 Å². The summed E-state index contributed by atoms with van der Waals surface area (Å²) in [5.74, 6) is 2.46. The lowest BCUT2D eigenvalue weighted by atomic mass is 10.2. The van der Waals surface area contributed by atoms with Crippen molar-refractivity contribution in [2.75, 3.05) is 40.0 Å². The molecule has 0 radical (unpaired) electrons. The van der Waals surface area contributed by atoms with E-state index in [0.29, 0.717) is 13.3 Å². The highest BCUT2D eigenvalue weighted by molar-refractivity contribution is 14.0. The second-order valence-electron chi connectivity index (χ2n) is 5.77. The van der Waals surface area contributed by atoms with Gasteiger partial charge in [-0.25, -0.2) is 0 Å². The number of benzene rings is 1. The van der Waals surface area contributed by atoms with Crippen molar-refractivity contribution >= 4 is 29.9 Å². The van der Waals surface area contributed by atoms with E-state index >= 15 is 0 Å². The molecule has 1 aromatic carbocycles. The van der Waals surface area contributed by atoms with Crippen LogP contribution >= 0.6 is 24.0 Å². The first-order valence-electron chi connectivity index (χ1n) is 8.82. The molecule has 2 rings (SSSR count). The number of rotatable bonds is 9. The number of unbranched alkanes of at least 4 members (excludes halogenated alkanes) is 1. The van der Waals surface area contributed by atoms with Crippen molar-refractivity contribution in [3.63, 3.8) is 0 Å². The van der Waals surface area contributed by atoms with Gasteiger partial charge < -0.3 is 25.0 Å². The van der Waals surface area contributed by atoms with Gasteiger partial charge in [-0.3, -0.25) is 4.99 Å². The van der Waals surface area contributed by atoms with Gasteiger partial charge in [-0.1, -0.05) is 19.9 Å². The third-order valence-electron chi connectivity index (χ3n) is 4.21. The van der Waals surface area contributed by atoms with Gasteiger partial charge in [-0.05, 0) is 50.2 Å². The van der Waals surface area contributed by atoms with Gasteiger partial charge in [0.1, 0.15) is 0 Å². The number of guanidine groups is 1. The third kappa shape index (κ3) is 7.27. The van der Waals surface area contributed by atoms with Crippen molar-refractivity contribution in [1.29, 1.82) is 0 Å². The fourth-order valence-corrected chi connectivity index (χ4v) is 2.66. The van der Waals surface area contributed by atoms with Crippen molar-refractivity contribution in [1.82, 2.24) is 15.5 Å². The number of nitrogens with zero attached hydrogens (tertiary/aromatic N) is 2. The molecule has 0 saturated heterocycles. The average molecular weight is 462 g/mol. The van der Waals surface area contributed by atoms with Crippen LogP contribution in [-0.2, 0) is 6.54 Å². The Hall–Kier alpha value is -1.22. The maximum absolute atomic E-state index is 5.40. The molecule has 0 spiro atoms. The molecule has 142 valence electrons. The van der Waals surface area contributed by atoms with Gasteiger partial charge in [-0.2, -0.15) is 0 Å². The number of halogens is 1. The lowest BCUT2D eigenvalue weighted by molar-refractivity contribution is 0.174. The zero-order valence-corrected chi connectivity index (χ0v) is 17.8. The summed E-state index contributed by atoms with van der Waals surface area (Å²) in [6.07, 6.45) is 2.34. The quantitative estimate of drug-likeness (QED) is 0.256. The van der Waals surface area contributed by atoms with Gasteiger partial charge in [0.25, 0.3) is 0 Å². The SMILES string of the molecule is CCN(CC)CCCCNC(=NC)NCc1ccc2c(c1)OCO2.I. The molecule has 0 aromatic heterocycles. The molecule has 1 aromatic rings. The molecule has 0 amide bonds. The molecule has 1 aliphatic rings. The first-order valence-corrected chi connectivity index (χ1v) is 8.82. The fourth-order valence-electron chi connectivity index (χ4n) is 2.66. The lowest BCUT2D eigenvalue weighted by Gasteiger charge is -2.18. The number of aliphatic imine (C=N–C) groups is 1. The van der Waals surface area contributed by atoms with Gasteiger partial charge in [0.05, 0.1) is 0 Å². The summed E-state index contributed by atoms with van der Waals surface area (Å²) in [5, 5.41) is 6.70. The molecule has 0 bridgehead atoms. The number of hydrogen-bond donors (Lipinski definition) is 2. The third-order valence-corrected chi connectivity index (χ3v) is 4.21. The molecule has 0 atom stereocenters. The van der Waals surface area contributed by atoms with Crippen molar-refractivity contribution in [2.45, 2.75) is 33.2 Å². The molecular formula is C18H31IN4O2. The summed E-state index contributed by atoms with van der Waals surface area (Å²) < 4.78 is 10.7. The Kier molecular flexibility index (Phi) is 10.6. The Bertz CT molecular complexity index is 536. The smallest absolute Gasteiger partial charge is 0.231 e. The van der Waals surface area contributed by atoms with E-state index in [4.69, 9.17) is 9.47 Å². The Balaban J connectivity index is 0.00000312. The normalized spacial score (nSPS) is 12.9. The molecule has 0 aliphatic carbocycles. The first kappa shape index (κ1) is 21.8. The highest BCUT2D eigenvalue weighted by Crippen LogP contribution is 2.32. The van der Waals surface area contributed by atoms with Gasteiger partial charge >= 0.3 is 0 Å². The Labute approximate surface area is 168 Å². The van der Waals surface area contributed by atoms with Gasteiger partial charge in [0.2, 0.25) is 6.79 Å². The lowest BCUT2D eigenvalue weighted by Crippen LogP contribution is -2.37. The number of ether oxygens (including phenoxy) is 2. The van der Waals surface area contributed by atoms with E-state index in [2.05, 4.69) is 34.4 Å². The Morgan fingerprint density at radius 1 is 1.12 bits per heavy atom. The van der Waals surface area contributed by atoms with Gasteiger partial charge in [-0.15, -0.1) is 24.0 Å². The standard InChI is InChI=1S/C18H30N4O2.HI/c1-4-22(5-2)11-7-6-10-20-18(19-3)21-13-15-8-9-16-17(12-15)24-14-23-16;/h8-9,12H,4-7,10-11,13-14H2,1-3H3,(H2,19,20,21);1H. The molecule has 0 fully saturated rings. The molecule has 1 aliphatic heterocycles. The molecule has 25 heavy (non-hydrogen) atoms. The van der Waals surface area contributed by atoms with E-state index in [1.54, 1.807) is 7.05 Å². The minimum absolute atomic E-state index is 0. The van der Waals surface area contributed by atoms with E-state index in [-0.39, 0.29) is 24.0 Å². The Morgan fingerprint density at radius 2 is 1.88 bits per heavy atom. The summed E-state index contributed by atoms with van der Waals surface area (Å²) in [6.45, 7) is 9.79. The number of fused-ring (bicyclic) bond motifs is 1. The zero-order valence-electron chi connectivity index (χ0n) is 15.5. The summed E-state index contributed by atoms with van der Waals surface area (Å²) in [6, 6.07) is 5.99. The summed E-state index contributed by atoms with van der Waals surface area (Å²) in [4.78, 5) is 6.72. The summed E-state index contributed by atoms with van der Waals surface area (Å²) in [5.41, 5.74) is 1.14. The highest BCUT2D eigenvalue weighted by atomic mass is 127. The van der Waals surface area contributed by atoms with E-state index in [9.17, 15) is 0 Å². The van der Waals surface area contributed by atoms with Crippen LogP contribution in [0.3, 0.4) is 0 Å². The van der Waals surface area contributed by atoms with Crippen LogP contribution < -0.4 is 20.1 Å². The van der Waals surface area contributed by atoms with Crippen LogP contribution in [0, 0.1) is 0 Å². The van der Waals surface area contributed by atoms with Crippen LogP contribution in [0.15, 0.2) is 23.2 Å². The van der Waals surface area contributed by atoms with Crippen LogP contribution in [0.4, 0.5) is 0 Å². The predicted molar refractivity (Wildman–Crippen MR) is 113 cm³/mol. The largest absolute Gasteiger partial charge is 0.454 e. The van der Waals surface area contributed by atoms with Gasteiger partial charge in [0, 0.05) is 20.1 Å². The number of hydrogen-bond acceptors (Lipinski definition) is 4. The van der Waals surface area contributed by atoms with Crippen LogP contribution in [0.2, 0.25) is 0 Å². The molecule has 0 saturated carbocycles. The summed E-state index contributed by atoms with van der Waals surface area (Å²) >= 11 is 0. The maximum Gasteiger partial charge on any atom is 0.231 e. The van der Waals surface area contributed by atoms with E-state index < -0.39 is 0 Å². The molecule has 2 N–H and O–H groups in total. The maximum atomic E-state index is 5.40. The zero-order chi connectivity index (χ0) is 17.2. The predicted octanol–water partition coefficient (Wildman–Crippen LogP) is 2.82. The number of nitrogens with one attached hydrogen (secondary N) is 2. The molecule has 6 nitrogen and oxygen atoms in total. The second kappa shape index (κ2) is 12.2. The second-order valence-corrected chi connectivity index (χ2v) is 5.77. The van der Waals surface area contributed by atoms with E-state index in [0.717, 1.165) is 55.6 Å². The Morgan fingerprint density at radius 3 is 2.60 bits per heavy atom.